The van der Waals surface area contributed by atoms with Gasteiger partial charge in [0, 0.05) is 11.6 Å². The fraction of sp³-hybridized carbons (Fsp3) is 0.438. The number of aryl methyl sites for hydroxylation is 1. The molecule has 1 heterocycles. The number of hydrogen-bond acceptors (Lipinski definition) is 5. The number of H-pyrrole nitrogens is 1. The summed E-state index contributed by atoms with van der Waals surface area (Å²) in [5, 5.41) is 11.0. The molecule has 0 radical (unpaired) electrons. The Hall–Kier alpha value is -1.73. The number of rotatable bonds is 8. The van der Waals surface area contributed by atoms with Crippen LogP contribution in [0.4, 0.5) is 0 Å². The van der Waals surface area contributed by atoms with Gasteiger partial charge < -0.3 is 10.1 Å². The zero-order valence-corrected chi connectivity index (χ0v) is 15.5. The van der Waals surface area contributed by atoms with Crippen molar-refractivity contribution in [3.63, 3.8) is 0 Å². The monoisotopic (exact) mass is 368 g/mol. The first-order valence-corrected chi connectivity index (χ1v) is 9.00. The number of carbonyl (C=O) groups is 1. The fourth-order valence-corrected chi connectivity index (χ4v) is 2.53. The second kappa shape index (κ2) is 8.94. The van der Waals surface area contributed by atoms with E-state index in [1.54, 1.807) is 12.1 Å². The first kappa shape index (κ1) is 18.6. The molecule has 2 N–H and O–H groups in total. The van der Waals surface area contributed by atoms with E-state index in [1.807, 2.05) is 13.0 Å². The minimum Gasteiger partial charge on any atom is -0.486 e. The van der Waals surface area contributed by atoms with E-state index in [1.165, 1.54) is 11.8 Å². The van der Waals surface area contributed by atoms with Gasteiger partial charge in [0.15, 0.2) is 5.82 Å². The van der Waals surface area contributed by atoms with E-state index < -0.39 is 0 Å². The van der Waals surface area contributed by atoms with Crippen molar-refractivity contribution in [2.24, 2.45) is 5.92 Å². The van der Waals surface area contributed by atoms with Gasteiger partial charge in [0.1, 0.15) is 12.4 Å². The number of thioether (sulfide) groups is 1. The highest BCUT2D eigenvalue weighted by Crippen LogP contribution is 2.21. The summed E-state index contributed by atoms with van der Waals surface area (Å²) in [7, 11) is 0. The predicted octanol–water partition coefficient (Wildman–Crippen LogP) is 3.21. The van der Waals surface area contributed by atoms with Gasteiger partial charge >= 0.3 is 0 Å². The summed E-state index contributed by atoms with van der Waals surface area (Å²) in [5.41, 5.74) is 0.954. The normalized spacial score (nSPS) is 10.9. The smallest absolute Gasteiger partial charge is 0.230 e. The number of nitrogens with one attached hydrogen (secondary N) is 2. The van der Waals surface area contributed by atoms with Gasteiger partial charge in [0.05, 0.1) is 5.75 Å². The Balaban J connectivity index is 1.78. The lowest BCUT2D eigenvalue weighted by Crippen LogP contribution is -2.28. The summed E-state index contributed by atoms with van der Waals surface area (Å²) < 4.78 is 5.65. The van der Waals surface area contributed by atoms with E-state index in [4.69, 9.17) is 16.3 Å². The van der Waals surface area contributed by atoms with Crippen LogP contribution in [0.3, 0.4) is 0 Å². The zero-order chi connectivity index (χ0) is 17.5. The highest BCUT2D eigenvalue weighted by atomic mass is 35.5. The lowest BCUT2D eigenvalue weighted by atomic mass is 10.2. The van der Waals surface area contributed by atoms with Crippen LogP contribution in [0.1, 0.15) is 25.2 Å². The van der Waals surface area contributed by atoms with Crippen LogP contribution >= 0.6 is 23.4 Å². The van der Waals surface area contributed by atoms with Crippen LogP contribution < -0.4 is 10.1 Å². The molecule has 0 aliphatic rings. The van der Waals surface area contributed by atoms with E-state index in [2.05, 4.69) is 34.3 Å². The van der Waals surface area contributed by atoms with Crippen molar-refractivity contribution in [1.82, 2.24) is 20.5 Å². The molecule has 0 saturated heterocycles. The number of nitrogens with zero attached hydrogens (tertiary/aromatic N) is 2. The lowest BCUT2D eigenvalue weighted by molar-refractivity contribution is -0.118. The SMILES string of the molecule is Cc1cc(OCc2nc(SCC(=O)NCC(C)C)n[nH]2)ccc1Cl. The summed E-state index contributed by atoms with van der Waals surface area (Å²) in [5.74, 6) is 2.03. The molecular weight excluding hydrogens is 348 g/mol. The molecule has 0 unspecified atom stereocenters. The number of halogens is 1. The maximum Gasteiger partial charge on any atom is 0.230 e. The number of benzene rings is 1. The average Bonchev–Trinajstić information content (AvgIpc) is 3.00. The number of carbonyl (C=O) groups excluding carboxylic acids is 1. The van der Waals surface area contributed by atoms with Crippen LogP contribution in [0, 0.1) is 12.8 Å². The van der Waals surface area contributed by atoms with Gasteiger partial charge in [-0.1, -0.05) is 37.2 Å². The lowest BCUT2D eigenvalue weighted by Gasteiger charge is -2.06. The summed E-state index contributed by atoms with van der Waals surface area (Å²) in [6.45, 7) is 6.97. The third-order valence-electron chi connectivity index (χ3n) is 3.06. The summed E-state index contributed by atoms with van der Waals surface area (Å²) in [6.07, 6.45) is 0. The third-order valence-corrected chi connectivity index (χ3v) is 4.33. The molecular formula is C16H21ClN4O2S. The highest BCUT2D eigenvalue weighted by molar-refractivity contribution is 7.99. The van der Waals surface area contributed by atoms with Crippen LogP contribution in [0.5, 0.6) is 5.75 Å². The van der Waals surface area contributed by atoms with Crippen molar-refractivity contribution in [1.29, 1.82) is 0 Å². The van der Waals surface area contributed by atoms with E-state index in [9.17, 15) is 4.79 Å². The first-order valence-electron chi connectivity index (χ1n) is 7.63. The highest BCUT2D eigenvalue weighted by Gasteiger charge is 2.09. The van der Waals surface area contributed by atoms with Crippen molar-refractivity contribution in [3.8, 4) is 5.75 Å². The molecule has 0 bridgehead atoms. The van der Waals surface area contributed by atoms with Crippen molar-refractivity contribution < 1.29 is 9.53 Å². The standard InChI is InChI=1S/C16H21ClN4O2S/c1-10(2)7-18-15(22)9-24-16-19-14(20-21-16)8-23-12-4-5-13(17)11(3)6-12/h4-6,10H,7-9H2,1-3H3,(H,18,22)(H,19,20,21). The minimum absolute atomic E-state index is 0.0204. The molecule has 130 valence electrons. The molecule has 0 aliphatic carbocycles. The molecule has 1 amide bonds. The topological polar surface area (TPSA) is 79.9 Å². The number of aromatic amines is 1. The van der Waals surface area contributed by atoms with Crippen molar-refractivity contribution in [3.05, 3.63) is 34.6 Å². The van der Waals surface area contributed by atoms with Crippen LogP contribution in [-0.2, 0) is 11.4 Å². The molecule has 2 aromatic rings. The van der Waals surface area contributed by atoms with Gasteiger partial charge in [-0.15, -0.1) is 5.10 Å². The van der Waals surface area contributed by atoms with Crippen molar-refractivity contribution >= 4 is 29.3 Å². The molecule has 1 aromatic heterocycles. The molecule has 0 fully saturated rings. The van der Waals surface area contributed by atoms with E-state index in [-0.39, 0.29) is 12.5 Å². The van der Waals surface area contributed by atoms with Gasteiger partial charge in [-0.25, -0.2) is 4.98 Å². The fourth-order valence-electron chi connectivity index (χ4n) is 1.76. The van der Waals surface area contributed by atoms with E-state index in [0.29, 0.717) is 34.2 Å². The molecule has 0 aliphatic heterocycles. The Morgan fingerprint density at radius 1 is 1.46 bits per heavy atom. The van der Waals surface area contributed by atoms with Crippen LogP contribution in [0.2, 0.25) is 5.02 Å². The predicted molar refractivity (Wildman–Crippen MR) is 95.5 cm³/mol. The van der Waals surface area contributed by atoms with Gasteiger partial charge in [0.25, 0.3) is 0 Å². The number of ether oxygens (including phenoxy) is 1. The Labute approximate surface area is 150 Å². The summed E-state index contributed by atoms with van der Waals surface area (Å²) in [4.78, 5) is 16.0. The summed E-state index contributed by atoms with van der Waals surface area (Å²) >= 11 is 7.27. The Morgan fingerprint density at radius 2 is 2.25 bits per heavy atom. The quantitative estimate of drug-likeness (QED) is 0.699. The maximum atomic E-state index is 11.7. The maximum absolute atomic E-state index is 11.7. The van der Waals surface area contributed by atoms with Crippen molar-refractivity contribution in [2.75, 3.05) is 12.3 Å². The van der Waals surface area contributed by atoms with Gasteiger partial charge in [0.2, 0.25) is 11.1 Å². The van der Waals surface area contributed by atoms with E-state index in [0.717, 1.165) is 11.3 Å². The second-order valence-corrected chi connectivity index (χ2v) is 7.10. The molecule has 6 nitrogen and oxygen atoms in total. The minimum atomic E-state index is -0.0204. The molecule has 0 atom stereocenters. The Kier molecular flexibility index (Phi) is 6.93. The van der Waals surface area contributed by atoms with Crippen LogP contribution in [0.25, 0.3) is 0 Å². The molecule has 24 heavy (non-hydrogen) atoms. The Morgan fingerprint density at radius 3 is 2.96 bits per heavy atom. The van der Waals surface area contributed by atoms with Gasteiger partial charge in [-0.2, -0.15) is 0 Å². The second-order valence-electron chi connectivity index (χ2n) is 5.75. The summed E-state index contributed by atoms with van der Waals surface area (Å²) in [6, 6.07) is 5.47. The molecule has 0 spiro atoms. The number of aromatic nitrogens is 3. The number of hydrogen-bond donors (Lipinski definition) is 2. The van der Waals surface area contributed by atoms with Gasteiger partial charge in [-0.3, -0.25) is 9.89 Å². The molecule has 2 rings (SSSR count). The van der Waals surface area contributed by atoms with E-state index >= 15 is 0 Å². The largest absolute Gasteiger partial charge is 0.486 e. The number of amides is 1. The van der Waals surface area contributed by atoms with Crippen LogP contribution in [-0.4, -0.2) is 33.4 Å². The molecule has 0 saturated carbocycles. The Bertz CT molecular complexity index is 690. The third kappa shape index (κ3) is 6.05. The van der Waals surface area contributed by atoms with Crippen molar-refractivity contribution in [2.45, 2.75) is 32.5 Å². The first-order chi connectivity index (χ1) is 11.4. The molecule has 8 heteroatoms. The van der Waals surface area contributed by atoms with Crippen LogP contribution in [0.15, 0.2) is 23.4 Å². The van der Waals surface area contributed by atoms with Gasteiger partial charge in [-0.05, 0) is 36.6 Å². The average molecular weight is 369 g/mol. The zero-order valence-electron chi connectivity index (χ0n) is 13.9. The molecule has 1 aromatic carbocycles.